The third kappa shape index (κ3) is 9.32. The molecule has 0 atom stereocenters. The molecule has 8 heteroatoms. The first-order valence-corrected chi connectivity index (χ1v) is 11.7. The van der Waals surface area contributed by atoms with Crippen LogP contribution < -0.4 is 10.6 Å². The summed E-state index contributed by atoms with van der Waals surface area (Å²) in [7, 11) is 0. The molecule has 0 radical (unpaired) electrons. The first kappa shape index (κ1) is 25.0. The van der Waals surface area contributed by atoms with E-state index in [1.807, 2.05) is 11.8 Å². The lowest BCUT2D eigenvalue weighted by atomic mass is 9.97. The lowest BCUT2D eigenvalue weighted by Crippen LogP contribution is -2.43. The van der Waals surface area contributed by atoms with Crippen LogP contribution in [0.15, 0.2) is 10.4 Å². The number of nitrogens with one attached hydrogen (secondary N) is 2. The topological polar surface area (TPSA) is 52.6 Å². The minimum Gasteiger partial charge on any atom is -0.357 e. The van der Waals surface area contributed by atoms with E-state index in [0.29, 0.717) is 0 Å². The highest BCUT2D eigenvalue weighted by molar-refractivity contribution is 14.0. The van der Waals surface area contributed by atoms with Crippen LogP contribution in [0.25, 0.3) is 0 Å². The van der Waals surface area contributed by atoms with Gasteiger partial charge in [0.25, 0.3) is 0 Å². The zero-order chi connectivity index (χ0) is 19.0. The Balaban J connectivity index is 0.00000364. The highest BCUT2D eigenvalue weighted by Crippen LogP contribution is 2.21. The number of halogens is 1. The van der Waals surface area contributed by atoms with Crippen molar-refractivity contribution in [2.75, 3.05) is 39.0 Å². The van der Waals surface area contributed by atoms with E-state index < -0.39 is 0 Å². The van der Waals surface area contributed by atoms with E-state index in [2.05, 4.69) is 59.8 Å². The molecule has 0 saturated carbocycles. The Kier molecular flexibility index (Phi) is 11.6. The van der Waals surface area contributed by atoms with Gasteiger partial charge in [0.05, 0.1) is 17.2 Å². The fourth-order valence-corrected chi connectivity index (χ4v) is 3.77. The number of guanidine groups is 1. The predicted molar refractivity (Wildman–Crippen MR) is 132 cm³/mol. The largest absolute Gasteiger partial charge is 0.357 e. The molecule has 0 amide bonds. The van der Waals surface area contributed by atoms with Crippen molar-refractivity contribution in [1.29, 1.82) is 0 Å². The highest BCUT2D eigenvalue weighted by atomic mass is 127. The molecule has 1 fully saturated rings. The summed E-state index contributed by atoms with van der Waals surface area (Å²) in [5, 5.41) is 10.3. The molecular formula is C19H36IN5S2. The number of hydrogen-bond donors (Lipinski definition) is 2. The van der Waals surface area contributed by atoms with E-state index in [1.54, 1.807) is 11.3 Å². The number of hydrogen-bond acceptors (Lipinski definition) is 5. The Labute approximate surface area is 190 Å². The Bertz CT molecular complexity index is 568. The van der Waals surface area contributed by atoms with Crippen LogP contribution >= 0.6 is 47.1 Å². The fourth-order valence-electron chi connectivity index (χ4n) is 2.98. The number of thiazole rings is 1. The molecule has 27 heavy (non-hydrogen) atoms. The molecule has 1 aliphatic rings. The van der Waals surface area contributed by atoms with Crippen LogP contribution in [0.3, 0.4) is 0 Å². The Hall–Kier alpha value is -0.0600. The number of aromatic nitrogens is 1. The van der Waals surface area contributed by atoms with Gasteiger partial charge in [0.1, 0.15) is 0 Å². The second-order valence-electron chi connectivity index (χ2n) is 7.62. The van der Waals surface area contributed by atoms with E-state index in [-0.39, 0.29) is 28.7 Å². The van der Waals surface area contributed by atoms with Gasteiger partial charge >= 0.3 is 0 Å². The summed E-state index contributed by atoms with van der Waals surface area (Å²) in [5.74, 6) is 1.68. The molecule has 2 rings (SSSR count). The standard InChI is InChI=1S/C19H35N5S2.HI/c1-6-20-18(22-14-19(3,4)25-5)21-11-16-7-9-24(10-8-16)12-17-13-26-15(2)23-17;/h13,16H,6-12,14H2,1-5H3,(H2,20,21,22);1H. The molecule has 1 aliphatic heterocycles. The Morgan fingerprint density at radius 3 is 2.63 bits per heavy atom. The normalized spacial score (nSPS) is 16.9. The maximum atomic E-state index is 4.77. The quantitative estimate of drug-likeness (QED) is 0.306. The molecule has 1 saturated heterocycles. The Morgan fingerprint density at radius 1 is 1.37 bits per heavy atom. The van der Waals surface area contributed by atoms with Crippen molar-refractivity contribution >= 4 is 53.0 Å². The number of piperidine rings is 1. The van der Waals surface area contributed by atoms with Crippen molar-refractivity contribution in [3.63, 3.8) is 0 Å². The summed E-state index contributed by atoms with van der Waals surface area (Å²) in [5.41, 5.74) is 1.22. The fraction of sp³-hybridized carbons (Fsp3) is 0.789. The third-order valence-corrected chi connectivity index (χ3v) is 6.89. The highest BCUT2D eigenvalue weighted by Gasteiger charge is 2.20. The number of thioether (sulfide) groups is 1. The van der Waals surface area contributed by atoms with Gasteiger partial charge in [-0.3, -0.25) is 9.89 Å². The van der Waals surface area contributed by atoms with E-state index in [9.17, 15) is 0 Å². The van der Waals surface area contributed by atoms with Gasteiger partial charge in [-0.05, 0) is 65.8 Å². The van der Waals surface area contributed by atoms with Gasteiger partial charge in [-0.25, -0.2) is 4.98 Å². The number of likely N-dealkylation sites (tertiary alicyclic amines) is 1. The van der Waals surface area contributed by atoms with Crippen LogP contribution in [-0.2, 0) is 6.54 Å². The number of aliphatic imine (C=N–C) groups is 1. The van der Waals surface area contributed by atoms with Crippen LogP contribution in [0.2, 0.25) is 0 Å². The van der Waals surface area contributed by atoms with Gasteiger partial charge in [-0.2, -0.15) is 11.8 Å². The summed E-state index contributed by atoms with van der Waals surface area (Å²) in [6, 6.07) is 0. The lowest BCUT2D eigenvalue weighted by Gasteiger charge is -2.32. The van der Waals surface area contributed by atoms with Gasteiger partial charge in [-0.15, -0.1) is 35.3 Å². The average molecular weight is 526 g/mol. The van der Waals surface area contributed by atoms with E-state index in [1.165, 1.54) is 23.5 Å². The molecule has 0 aliphatic carbocycles. The second kappa shape index (κ2) is 12.5. The molecular weight excluding hydrogens is 489 g/mol. The van der Waals surface area contributed by atoms with Crippen LogP contribution in [0.5, 0.6) is 0 Å². The number of aryl methyl sites for hydroxylation is 1. The number of nitrogens with zero attached hydrogens (tertiary/aromatic N) is 3. The minimum atomic E-state index is 0. The monoisotopic (exact) mass is 525 g/mol. The van der Waals surface area contributed by atoms with Crippen LogP contribution in [0.4, 0.5) is 0 Å². The van der Waals surface area contributed by atoms with Crippen LogP contribution in [0, 0.1) is 12.8 Å². The smallest absolute Gasteiger partial charge is 0.191 e. The van der Waals surface area contributed by atoms with Gasteiger partial charge in [-0.1, -0.05) is 0 Å². The van der Waals surface area contributed by atoms with E-state index in [0.717, 1.165) is 51.1 Å². The maximum absolute atomic E-state index is 4.77. The van der Waals surface area contributed by atoms with Crippen molar-refractivity contribution in [2.45, 2.75) is 51.8 Å². The average Bonchev–Trinajstić information content (AvgIpc) is 3.03. The van der Waals surface area contributed by atoms with Crippen molar-refractivity contribution in [3.8, 4) is 0 Å². The van der Waals surface area contributed by atoms with Crippen molar-refractivity contribution in [3.05, 3.63) is 16.1 Å². The molecule has 0 aromatic carbocycles. The van der Waals surface area contributed by atoms with Gasteiger partial charge < -0.3 is 10.6 Å². The third-order valence-electron chi connectivity index (χ3n) is 4.83. The molecule has 0 bridgehead atoms. The molecule has 1 aromatic rings. The summed E-state index contributed by atoms with van der Waals surface area (Å²) in [6.45, 7) is 14.7. The summed E-state index contributed by atoms with van der Waals surface area (Å²) in [6.07, 6.45) is 4.63. The zero-order valence-electron chi connectivity index (χ0n) is 17.4. The van der Waals surface area contributed by atoms with Gasteiger partial charge in [0, 0.05) is 29.8 Å². The van der Waals surface area contributed by atoms with Crippen molar-refractivity contribution < 1.29 is 0 Å². The summed E-state index contributed by atoms with van der Waals surface area (Å²) in [4.78, 5) is 11.9. The van der Waals surface area contributed by atoms with Gasteiger partial charge in [0.15, 0.2) is 5.96 Å². The van der Waals surface area contributed by atoms with Crippen LogP contribution in [0.1, 0.15) is 44.3 Å². The molecule has 0 spiro atoms. The summed E-state index contributed by atoms with van der Waals surface area (Å²) < 4.78 is 0.182. The van der Waals surface area contributed by atoms with E-state index in [4.69, 9.17) is 4.99 Å². The number of rotatable bonds is 8. The zero-order valence-corrected chi connectivity index (χ0v) is 21.3. The lowest BCUT2D eigenvalue weighted by molar-refractivity contribution is 0.176. The van der Waals surface area contributed by atoms with E-state index >= 15 is 0 Å². The molecule has 1 aromatic heterocycles. The molecule has 156 valence electrons. The Morgan fingerprint density at radius 2 is 2.07 bits per heavy atom. The summed E-state index contributed by atoms with van der Waals surface area (Å²) >= 11 is 3.61. The molecule has 0 unspecified atom stereocenters. The predicted octanol–water partition coefficient (Wildman–Crippen LogP) is 3.98. The second-order valence-corrected chi connectivity index (χ2v) is 10.2. The molecule has 2 heterocycles. The molecule has 2 N–H and O–H groups in total. The first-order valence-electron chi connectivity index (χ1n) is 9.62. The first-order chi connectivity index (χ1) is 12.4. The maximum Gasteiger partial charge on any atom is 0.191 e. The minimum absolute atomic E-state index is 0. The molecule has 5 nitrogen and oxygen atoms in total. The SMILES string of the molecule is CCNC(=NCC(C)(C)SC)NCC1CCN(Cc2csc(C)n2)CC1.I. The van der Waals surface area contributed by atoms with Gasteiger partial charge in [0.2, 0.25) is 0 Å². The van der Waals surface area contributed by atoms with Crippen LogP contribution in [-0.4, -0.2) is 59.6 Å². The van der Waals surface area contributed by atoms with Crippen molar-refractivity contribution in [2.24, 2.45) is 10.9 Å². The van der Waals surface area contributed by atoms with Crippen molar-refractivity contribution in [1.82, 2.24) is 20.5 Å².